The molecule has 8 amide bonds. The number of aromatic hydroxyl groups is 1. The summed E-state index contributed by atoms with van der Waals surface area (Å²) in [5.74, 6) is -10.0. The van der Waals surface area contributed by atoms with Gasteiger partial charge in [0.2, 0.25) is 47.3 Å². The zero-order chi connectivity index (χ0) is 67.5. The molecule has 28 heteroatoms. The number of nitrogens with one attached hydrogen (secondary N) is 6. The van der Waals surface area contributed by atoms with Crippen molar-refractivity contribution in [2.45, 2.75) is 140 Å². The number of ketones is 2. The predicted octanol–water partition coefficient (Wildman–Crippen LogP) is -0.857. The molecular weight excluding hydrogens is 1190 g/mol. The van der Waals surface area contributed by atoms with Crippen molar-refractivity contribution in [2.24, 2.45) is 62.1 Å². The van der Waals surface area contributed by atoms with Gasteiger partial charge in [-0.1, -0.05) is 86.6 Å². The lowest BCUT2D eigenvalue weighted by Crippen LogP contribution is -2.58. The average Bonchev–Trinajstić information content (AvgIpc) is 1.77. The molecule has 4 rings (SSSR count). The summed E-state index contributed by atoms with van der Waals surface area (Å²) in [5.41, 5.74) is 35.0. The highest BCUT2D eigenvalue weighted by Gasteiger charge is 2.41. The summed E-state index contributed by atoms with van der Waals surface area (Å²) in [6.07, 6.45) is 0.277. The molecular formula is C64H95N15O13. The second-order valence-corrected chi connectivity index (χ2v) is 23.1. The van der Waals surface area contributed by atoms with Crippen LogP contribution in [0.2, 0.25) is 0 Å². The van der Waals surface area contributed by atoms with Gasteiger partial charge in [0.05, 0.1) is 31.7 Å². The number of benzene rings is 3. The van der Waals surface area contributed by atoms with Crippen LogP contribution in [0.4, 0.5) is 0 Å². The number of nitrogens with two attached hydrogens (primary N) is 6. The second kappa shape index (κ2) is 40.7. The summed E-state index contributed by atoms with van der Waals surface area (Å²) < 4.78 is 10.5. The fourth-order valence-corrected chi connectivity index (χ4v) is 10.5. The number of phenolic OH excluding ortho intramolecular Hbond substituents is 1. The van der Waals surface area contributed by atoms with E-state index in [4.69, 9.17) is 43.9 Å². The van der Waals surface area contributed by atoms with E-state index in [2.05, 4.69) is 41.9 Å². The quantitative estimate of drug-likeness (QED) is 0.0186. The van der Waals surface area contributed by atoms with Gasteiger partial charge in [0.15, 0.2) is 23.5 Å². The van der Waals surface area contributed by atoms with Gasteiger partial charge in [-0.3, -0.25) is 57.9 Å². The molecule has 28 nitrogen and oxygen atoms in total. The summed E-state index contributed by atoms with van der Waals surface area (Å²) in [6, 6.07) is 16.6. The van der Waals surface area contributed by atoms with Crippen LogP contribution in [0.25, 0.3) is 0 Å². The SMILES string of the molecule is COCCOCCCNCCC(=O)N[C@@H](Cc1ccc(O)cc1)C(=O)C[C@@H](Cc1ccccc1)C(=O)N[C@H](C(=O)C[C@@H](Cc1ccccc1)C(=O)N[C@@H](CCCN=C(N)N)C(=O)N1CCC[C@H]1C(=O)N[C@@H](CCCN=C(N)N)C(=O)N[C@@H](CC(N)=O)C(N)=O)C(C)C. The first kappa shape index (κ1) is 75.4. The molecule has 8 atom stereocenters. The minimum absolute atomic E-state index is 0.0122. The van der Waals surface area contributed by atoms with Crippen LogP contribution < -0.4 is 66.3 Å². The highest BCUT2D eigenvalue weighted by atomic mass is 16.5. The maximum atomic E-state index is 14.9. The second-order valence-electron chi connectivity index (χ2n) is 23.1. The molecule has 0 bridgehead atoms. The molecule has 1 fully saturated rings. The van der Waals surface area contributed by atoms with Gasteiger partial charge < -0.3 is 85.8 Å². The Labute approximate surface area is 537 Å². The normalized spacial score (nSPS) is 15.0. The first-order valence-corrected chi connectivity index (χ1v) is 31.1. The molecule has 1 aliphatic heterocycles. The zero-order valence-electron chi connectivity index (χ0n) is 53.0. The van der Waals surface area contributed by atoms with Crippen molar-refractivity contribution >= 4 is 70.7 Å². The van der Waals surface area contributed by atoms with Gasteiger partial charge in [0.1, 0.15) is 29.9 Å². The maximum absolute atomic E-state index is 14.9. The minimum Gasteiger partial charge on any atom is -0.508 e. The molecule has 0 saturated carbocycles. The summed E-state index contributed by atoms with van der Waals surface area (Å²) in [6.45, 7) is 6.03. The van der Waals surface area contributed by atoms with Gasteiger partial charge in [0, 0.05) is 71.0 Å². The Morgan fingerprint density at radius 1 is 0.587 bits per heavy atom. The fourth-order valence-electron chi connectivity index (χ4n) is 10.5. The number of phenols is 1. The van der Waals surface area contributed by atoms with Crippen LogP contribution in [0.5, 0.6) is 5.75 Å². The molecule has 0 unspecified atom stereocenters. The third-order valence-electron chi connectivity index (χ3n) is 15.3. The topological polar surface area (TPSA) is 466 Å². The van der Waals surface area contributed by atoms with Crippen LogP contribution in [0.1, 0.15) is 101 Å². The number of primary amides is 2. The summed E-state index contributed by atoms with van der Waals surface area (Å²) in [4.78, 5) is 149. The zero-order valence-corrected chi connectivity index (χ0v) is 53.0. The number of likely N-dealkylation sites (tertiary alicyclic amines) is 1. The van der Waals surface area contributed by atoms with Gasteiger partial charge in [-0.25, -0.2) is 0 Å². The van der Waals surface area contributed by atoms with E-state index in [1.54, 1.807) is 75.6 Å². The number of nitrogens with zero attached hydrogens (tertiary/aromatic N) is 3. The number of aliphatic imine (C=N–C) groups is 2. The molecule has 3 aromatic rings. The molecule has 0 aromatic heterocycles. The maximum Gasteiger partial charge on any atom is 0.245 e. The Morgan fingerprint density at radius 2 is 1.14 bits per heavy atom. The standard InChI is InChI=1S/C64H95N15O13/c1-40(2)56(78-59(87)44(34-41-14-6-4-7-15-41)37-52(81)49(36-43-21-23-46(80)24-22-43)74-55(84)25-29-71-26-13-31-92-33-32-91-3)53(82)38-45(35-42-16-8-5-9-17-42)58(86)76-48(19-11-28-73-64(69)70)62(90)79-30-12-20-51(79)61(89)75-47(18-10-27-72-63(67)68)60(88)77-50(57(66)85)39-54(65)83/h4-9,14-17,21-24,40,44-45,47-51,56,71,80H,10-13,18-20,25-39H2,1-3H3,(H2,65,83)(H2,66,85)(H,74,84)(H,75,89)(H,76,86)(H,77,88)(H,78,87)(H4,67,68,72)(H4,69,70,73)/t44-,45-,47+,48+,49+,50+,51+,56+/m1/s1. The van der Waals surface area contributed by atoms with E-state index >= 15 is 0 Å². The number of methoxy groups -OCH3 is 1. The Balaban J connectivity index is 1.61. The van der Waals surface area contributed by atoms with Gasteiger partial charge in [-0.15, -0.1) is 0 Å². The van der Waals surface area contributed by atoms with Crippen molar-refractivity contribution in [2.75, 3.05) is 59.7 Å². The van der Waals surface area contributed by atoms with E-state index in [9.17, 15) is 53.1 Å². The highest BCUT2D eigenvalue weighted by Crippen LogP contribution is 2.24. The number of hydrogen-bond acceptors (Lipinski definition) is 16. The van der Waals surface area contributed by atoms with Crippen molar-refractivity contribution in [3.63, 3.8) is 0 Å². The summed E-state index contributed by atoms with van der Waals surface area (Å²) in [5, 5.41) is 27.0. The Kier molecular flexibility index (Phi) is 33.3. The number of guanidine groups is 2. The number of ether oxygens (including phenoxy) is 2. The van der Waals surface area contributed by atoms with Crippen LogP contribution in [-0.2, 0) is 76.7 Å². The minimum atomic E-state index is -1.50. The molecule has 3 aromatic carbocycles. The largest absolute Gasteiger partial charge is 0.508 e. The molecule has 0 aliphatic carbocycles. The number of Topliss-reactive ketones (excluding diaryl/α,β-unsaturated/α-hetero) is 2. The average molecular weight is 1280 g/mol. The number of carbonyl (C=O) groups is 10. The van der Waals surface area contributed by atoms with Gasteiger partial charge >= 0.3 is 0 Å². The van der Waals surface area contributed by atoms with Gasteiger partial charge in [0.25, 0.3) is 0 Å². The van der Waals surface area contributed by atoms with Crippen molar-refractivity contribution in [1.82, 2.24) is 36.8 Å². The van der Waals surface area contributed by atoms with Crippen LogP contribution in [-0.4, -0.2) is 177 Å². The lowest BCUT2D eigenvalue weighted by atomic mass is 9.86. The van der Waals surface area contributed by atoms with Crippen molar-refractivity contribution in [3.8, 4) is 5.75 Å². The number of amides is 8. The number of hydrogen-bond donors (Lipinski definition) is 13. The fraction of sp³-hybridized carbons (Fsp3) is 0.531. The number of carbonyl (C=O) groups excluding carboxylic acids is 10. The Morgan fingerprint density at radius 3 is 1.70 bits per heavy atom. The first-order chi connectivity index (χ1) is 43.9. The van der Waals surface area contributed by atoms with Crippen molar-refractivity contribution < 1.29 is 62.5 Å². The van der Waals surface area contributed by atoms with Crippen molar-refractivity contribution in [3.05, 3.63) is 102 Å². The number of rotatable bonds is 44. The summed E-state index contributed by atoms with van der Waals surface area (Å²) in [7, 11) is 1.59. The monoisotopic (exact) mass is 1280 g/mol. The molecule has 0 spiro atoms. The molecule has 0 radical (unpaired) electrons. The third kappa shape index (κ3) is 28.0. The molecule has 1 heterocycles. The van der Waals surface area contributed by atoms with Crippen LogP contribution in [0.3, 0.4) is 0 Å². The van der Waals surface area contributed by atoms with E-state index in [0.717, 1.165) is 5.56 Å². The van der Waals surface area contributed by atoms with Crippen molar-refractivity contribution in [1.29, 1.82) is 0 Å². The molecule has 1 saturated heterocycles. The van der Waals surface area contributed by atoms with E-state index in [0.29, 0.717) is 56.9 Å². The highest BCUT2D eigenvalue weighted by molar-refractivity contribution is 5.99. The first-order valence-electron chi connectivity index (χ1n) is 31.1. The molecule has 1 aliphatic rings. The Hall–Kier alpha value is -9.02. The Bertz CT molecular complexity index is 2930. The lowest BCUT2D eigenvalue weighted by molar-refractivity contribution is -0.143. The van der Waals surface area contributed by atoms with E-state index in [1.807, 2.05) is 18.2 Å². The molecule has 92 heavy (non-hydrogen) atoms. The third-order valence-corrected chi connectivity index (χ3v) is 15.3. The van der Waals surface area contributed by atoms with E-state index < -0.39 is 126 Å². The van der Waals surface area contributed by atoms with E-state index in [1.165, 1.54) is 17.0 Å². The van der Waals surface area contributed by atoms with Crippen LogP contribution >= 0.6 is 0 Å². The molecule has 19 N–H and O–H groups in total. The van der Waals surface area contributed by atoms with Crippen LogP contribution in [0.15, 0.2) is 94.9 Å². The smallest absolute Gasteiger partial charge is 0.245 e. The van der Waals surface area contributed by atoms with Gasteiger partial charge in [-0.05, 0) is 105 Å². The van der Waals surface area contributed by atoms with Crippen LogP contribution in [0, 0.1) is 17.8 Å². The predicted molar refractivity (Wildman–Crippen MR) is 345 cm³/mol. The lowest BCUT2D eigenvalue weighted by Gasteiger charge is -2.31. The molecule has 504 valence electrons. The van der Waals surface area contributed by atoms with E-state index in [-0.39, 0.29) is 102 Å². The van der Waals surface area contributed by atoms with Gasteiger partial charge in [-0.2, -0.15) is 0 Å². The summed E-state index contributed by atoms with van der Waals surface area (Å²) >= 11 is 0.